The number of fused-ring (bicyclic) bond motifs is 9. The second-order valence-electron chi connectivity index (χ2n) is 46.3. The Bertz CT molecular complexity index is 4490. The molecule has 7 aromatic rings. The van der Waals surface area contributed by atoms with Crippen LogP contribution in [0.2, 0.25) is 0 Å². The van der Waals surface area contributed by atoms with E-state index in [0.29, 0.717) is 23.2 Å². The maximum atomic E-state index is 5.86. The van der Waals surface area contributed by atoms with Crippen molar-refractivity contribution in [1.82, 2.24) is 39.5 Å². The Kier molecular flexibility index (Phi) is 35.3. The number of aryl methyl sites for hydroxylation is 1. The Morgan fingerprint density at radius 1 is 0.362 bits per heavy atom. The molecule has 0 radical (unpaired) electrons. The highest BCUT2D eigenvalue weighted by Crippen LogP contribution is 2.44. The van der Waals surface area contributed by atoms with Gasteiger partial charge in [-0.1, -0.05) is 48.5 Å². The van der Waals surface area contributed by atoms with Crippen LogP contribution in [-0.4, -0.2) is 247 Å². The molecule has 130 heavy (non-hydrogen) atoms. The molecule has 0 spiro atoms. The molecule has 13 heterocycles. The summed E-state index contributed by atoms with van der Waals surface area (Å²) in [6.07, 6.45) is 19.3. The number of ether oxygens (including phenoxy) is 3. The molecular weight excluding hydrogens is 1610 g/mol. The molecule has 11 aliphatic rings. The Labute approximate surface area is 789 Å². The number of rotatable bonds is 1. The number of likely N-dealkylation sites (tertiary alicyclic amines) is 2. The van der Waals surface area contributed by atoms with Gasteiger partial charge in [0.25, 0.3) is 0 Å². The second kappa shape index (κ2) is 44.2. The topological polar surface area (TPSA) is 142 Å². The molecule has 720 valence electrons. The minimum Gasteiger partial charge on any atom is -0.488 e. The number of benzene rings is 4. The number of morpholine rings is 1. The molecular formula is C109H176N18O3. The Morgan fingerprint density at radius 3 is 1.49 bits per heavy atom. The van der Waals surface area contributed by atoms with Crippen LogP contribution in [0.1, 0.15) is 249 Å². The number of nitrogens with one attached hydrogen (secondary N) is 2. The fourth-order valence-electron chi connectivity index (χ4n) is 20.1. The van der Waals surface area contributed by atoms with Gasteiger partial charge in [0.1, 0.15) is 13.2 Å². The van der Waals surface area contributed by atoms with Gasteiger partial charge in [0.05, 0.1) is 77.0 Å². The summed E-state index contributed by atoms with van der Waals surface area (Å²) in [5.41, 5.74) is 16.0. The summed E-state index contributed by atoms with van der Waals surface area (Å²) in [6.45, 7) is 80.2. The van der Waals surface area contributed by atoms with Gasteiger partial charge in [-0.2, -0.15) is 0 Å². The lowest BCUT2D eigenvalue weighted by Gasteiger charge is -2.45. The van der Waals surface area contributed by atoms with E-state index in [1.165, 1.54) is 129 Å². The molecule has 4 aromatic carbocycles. The van der Waals surface area contributed by atoms with Crippen LogP contribution in [0.4, 0.5) is 57.1 Å². The summed E-state index contributed by atoms with van der Waals surface area (Å²) in [7, 11) is 8.48. The highest BCUT2D eigenvalue weighted by molar-refractivity contribution is 5.76. The van der Waals surface area contributed by atoms with Crippen molar-refractivity contribution in [2.24, 2.45) is 5.92 Å². The Hall–Kier alpha value is -8.34. The van der Waals surface area contributed by atoms with E-state index in [1.807, 2.05) is 30.6 Å². The van der Waals surface area contributed by atoms with Crippen molar-refractivity contribution in [2.45, 2.75) is 319 Å². The molecule has 18 rings (SSSR count). The van der Waals surface area contributed by atoms with Crippen LogP contribution in [-0.2, 0) is 24.1 Å². The van der Waals surface area contributed by atoms with Crippen LogP contribution in [0.25, 0.3) is 0 Å². The standard InChI is InChI=1S/C14H22N2O.C14H21N.C13H20N2.C12H19N3.C12H18N2.C11H17N3.C11H16N2O.C11H22N2.C11H21NO/c1-14(2,3)16-9-10-17-13-11(15(4)5)7-6-8-12(13)16;1-14(2,3)15-11-7-6-9-12-8-4-5-10-13(12)15;1-13(2,3)15-10-6-9-14-11-7-4-5-8-12(11)15;1-12(2,3)15-9-8-14(4)10-6-5-7-13-11(10)15;1-12(2,3)14-9-8-13-10-6-4-5-7-11(10)14;1-11(2,3)14-7-4-9-10(8-14)13-6-5-12-9;1-11(2,3)13-7-8-14-9-5-4-6-12-10(9)13;1-11(2,3)13-6-5-9-7-12(4)8-10(9)13;1-11(2,3)12-7-8-13-10-6-4-5-9(10)12/h6-8H,9-10H2,1-5H3;4-5,8,10H,6-7,9,11H2,1-3H3;4-5,7-8,14H,6,9-10H2,1-3H3;5-7H,8-9H2,1-4H3;4-7,13H,8-9H2,1-3H3;5-6H,4,7-8H2,1-3H3;4-6H,7-8H2,1-3H3;9-10H,5-8H2,1-4H3;9-10H,4-8H2,1-3H3. The lowest BCUT2D eigenvalue weighted by molar-refractivity contribution is -0.0871. The number of likely N-dealkylation sites (N-methyl/N-ethyl adjacent to an activating group) is 2. The molecule has 1 aliphatic carbocycles. The normalized spacial score (nSPS) is 20.5. The van der Waals surface area contributed by atoms with Gasteiger partial charge < -0.3 is 68.9 Å². The average Bonchev–Trinajstić information content (AvgIpc) is 1.57. The van der Waals surface area contributed by atoms with Crippen LogP contribution < -0.4 is 59.3 Å². The lowest BCUT2D eigenvalue weighted by atomic mass is 10.00. The summed E-state index contributed by atoms with van der Waals surface area (Å²) < 4.78 is 17.2. The van der Waals surface area contributed by atoms with Gasteiger partial charge in [-0.3, -0.25) is 24.7 Å². The van der Waals surface area contributed by atoms with E-state index in [1.54, 1.807) is 12.4 Å². The first-order valence-electron chi connectivity index (χ1n) is 49.4. The van der Waals surface area contributed by atoms with Gasteiger partial charge in [-0.25, -0.2) is 9.97 Å². The molecule has 4 fully saturated rings. The molecule has 1 saturated carbocycles. The molecule has 10 aliphatic heterocycles. The molecule has 0 amide bonds. The third-order valence-corrected chi connectivity index (χ3v) is 26.8. The minimum atomic E-state index is 0.104. The fourth-order valence-corrected chi connectivity index (χ4v) is 20.1. The van der Waals surface area contributed by atoms with Crippen LogP contribution in [0.5, 0.6) is 11.5 Å². The molecule has 3 saturated heterocycles. The number of aromatic nitrogens is 4. The van der Waals surface area contributed by atoms with E-state index in [2.05, 4.69) is 402 Å². The maximum Gasteiger partial charge on any atom is 0.171 e. The fraction of sp³-hybridized carbons (Fsp3) is 0.651. The van der Waals surface area contributed by atoms with Crippen molar-refractivity contribution in [3.05, 3.63) is 157 Å². The van der Waals surface area contributed by atoms with Crippen molar-refractivity contribution >= 4 is 57.1 Å². The number of hydrogen-bond acceptors (Lipinski definition) is 21. The Morgan fingerprint density at radius 2 is 0.877 bits per heavy atom. The SMILES string of the molecule is CC(C)(C)N1CCCCc2ccccc21.CC(C)(C)N1CCCNc2ccccc21.CC(C)(C)N1CCNc2ccccc21.CC(C)(C)N1CCOC2CCCC21.CC(C)(C)N1CCOc2cccnc21.CC(C)(C)N1CCc2nccnc2C1.CN(C)c1cccc2c1OCCN2C(C)(C)C.CN1CC2CCN(C(C)(C)C)C2C1.CN1CCN(C(C)(C)C)c2ncccc21. The van der Waals surface area contributed by atoms with Crippen molar-refractivity contribution in [3.63, 3.8) is 0 Å². The largest absolute Gasteiger partial charge is 0.488 e. The zero-order chi connectivity index (χ0) is 95.1. The van der Waals surface area contributed by atoms with Crippen molar-refractivity contribution in [3.8, 4) is 11.5 Å². The van der Waals surface area contributed by atoms with Crippen LogP contribution in [0.3, 0.4) is 0 Å². The van der Waals surface area contributed by atoms with Crippen LogP contribution in [0, 0.1) is 5.92 Å². The van der Waals surface area contributed by atoms with Crippen molar-refractivity contribution < 1.29 is 14.2 Å². The summed E-state index contributed by atoms with van der Waals surface area (Å²) in [6, 6.07) is 41.9. The molecule has 2 N–H and O–H groups in total. The molecule has 0 bridgehead atoms. The summed E-state index contributed by atoms with van der Waals surface area (Å²) in [5.74, 6) is 4.93. The predicted octanol–water partition coefficient (Wildman–Crippen LogP) is 21.5. The van der Waals surface area contributed by atoms with Crippen molar-refractivity contribution in [2.75, 3.05) is 189 Å². The summed E-state index contributed by atoms with van der Waals surface area (Å²) >= 11 is 0. The third kappa shape index (κ3) is 28.1. The number of nitrogens with zero attached hydrogens (tertiary/aromatic N) is 16. The van der Waals surface area contributed by atoms with E-state index in [-0.39, 0.29) is 38.8 Å². The second-order valence-corrected chi connectivity index (χ2v) is 46.3. The Balaban J connectivity index is 0.000000152. The van der Waals surface area contributed by atoms with Crippen molar-refractivity contribution in [1.29, 1.82) is 0 Å². The maximum absolute atomic E-state index is 5.86. The van der Waals surface area contributed by atoms with E-state index in [9.17, 15) is 0 Å². The number of pyridine rings is 2. The summed E-state index contributed by atoms with van der Waals surface area (Å²) in [4.78, 5) is 46.8. The van der Waals surface area contributed by atoms with Crippen LogP contribution >= 0.6 is 0 Å². The zero-order valence-electron chi connectivity index (χ0n) is 87.1. The molecule has 4 atom stereocenters. The predicted molar refractivity (Wildman–Crippen MR) is 556 cm³/mol. The lowest BCUT2D eigenvalue weighted by Crippen LogP contribution is -2.56. The number of hydrogen-bond donors (Lipinski definition) is 2. The highest BCUT2D eigenvalue weighted by atomic mass is 16.5. The molecule has 3 aromatic heterocycles. The molecule has 4 unspecified atom stereocenters. The first-order chi connectivity index (χ1) is 60.9. The first-order valence-corrected chi connectivity index (χ1v) is 49.4. The van der Waals surface area contributed by atoms with Gasteiger partial charge in [0.2, 0.25) is 0 Å². The average molecular weight is 1790 g/mol. The van der Waals surface area contributed by atoms with E-state index >= 15 is 0 Å². The third-order valence-electron chi connectivity index (χ3n) is 26.8. The van der Waals surface area contributed by atoms with Gasteiger partial charge in [-0.05, 0) is 330 Å². The number of para-hydroxylation sites is 6. The van der Waals surface area contributed by atoms with Gasteiger partial charge in [-0.15, -0.1) is 0 Å². The highest BCUT2D eigenvalue weighted by Gasteiger charge is 2.45. The zero-order valence-corrected chi connectivity index (χ0v) is 87.1. The van der Waals surface area contributed by atoms with E-state index < -0.39 is 0 Å². The minimum absolute atomic E-state index is 0.104. The smallest absolute Gasteiger partial charge is 0.171 e. The molecule has 21 heteroatoms. The molecule has 21 nitrogen and oxygen atoms in total. The summed E-state index contributed by atoms with van der Waals surface area (Å²) in [5, 5.41) is 6.91. The monoisotopic (exact) mass is 1790 g/mol. The quantitative estimate of drug-likeness (QED) is 0.161. The van der Waals surface area contributed by atoms with E-state index in [4.69, 9.17) is 14.2 Å². The number of anilines is 10. The van der Waals surface area contributed by atoms with Gasteiger partial charge >= 0.3 is 0 Å². The van der Waals surface area contributed by atoms with E-state index in [0.717, 1.165) is 145 Å². The van der Waals surface area contributed by atoms with Gasteiger partial charge in [0.15, 0.2) is 23.1 Å². The first kappa shape index (κ1) is 104. The van der Waals surface area contributed by atoms with Crippen LogP contribution in [0.15, 0.2) is 140 Å². The van der Waals surface area contributed by atoms with Gasteiger partial charge in [0, 0.05) is 199 Å².